The quantitative estimate of drug-likeness (QED) is 0.387. The number of nitro groups is 1. The van der Waals surface area contributed by atoms with E-state index in [4.69, 9.17) is 16.3 Å². The van der Waals surface area contributed by atoms with Gasteiger partial charge < -0.3 is 15.2 Å². The summed E-state index contributed by atoms with van der Waals surface area (Å²) in [6.45, 7) is 0.436. The normalized spacial score (nSPS) is 11.8. The number of aliphatic hydroxyl groups excluding tert-OH is 1. The Hall–Kier alpha value is -1.83. The summed E-state index contributed by atoms with van der Waals surface area (Å²) in [6, 6.07) is 12.5. The minimum absolute atomic E-state index is 0.0364. The minimum atomic E-state index is -0.802. The Morgan fingerprint density at radius 2 is 2.04 bits per heavy atom. The third-order valence-electron chi connectivity index (χ3n) is 3.19. The van der Waals surface area contributed by atoms with Crippen molar-refractivity contribution in [3.8, 4) is 5.75 Å². The average molecular weight is 416 g/mol. The van der Waals surface area contributed by atoms with Crippen molar-refractivity contribution in [1.82, 2.24) is 0 Å². The topological polar surface area (TPSA) is 84.6 Å². The van der Waals surface area contributed by atoms with Crippen LogP contribution in [-0.2, 0) is 6.61 Å². The van der Waals surface area contributed by atoms with Crippen molar-refractivity contribution in [2.75, 3.05) is 17.7 Å². The van der Waals surface area contributed by atoms with Gasteiger partial charge in [-0.05, 0) is 21.5 Å². The Bertz CT molecular complexity index is 700. The molecule has 2 aromatic carbocycles. The van der Waals surface area contributed by atoms with Gasteiger partial charge in [0, 0.05) is 18.7 Å². The van der Waals surface area contributed by atoms with Gasteiger partial charge in [-0.15, -0.1) is 11.6 Å². The predicted octanol–water partition coefficient (Wildman–Crippen LogP) is 3.95. The largest absolute Gasteiger partial charge is 0.488 e. The number of nitrogens with zero attached hydrogens (tertiary/aromatic N) is 1. The Balaban J connectivity index is 2.19. The van der Waals surface area contributed by atoms with Crippen molar-refractivity contribution >= 4 is 38.9 Å². The van der Waals surface area contributed by atoms with E-state index in [1.165, 1.54) is 12.1 Å². The van der Waals surface area contributed by atoms with Crippen LogP contribution in [0.2, 0.25) is 0 Å². The van der Waals surface area contributed by atoms with E-state index in [0.717, 1.165) is 5.56 Å². The average Bonchev–Trinajstić information content (AvgIpc) is 2.59. The number of ether oxygens (including phenoxy) is 1. The molecule has 0 fully saturated rings. The minimum Gasteiger partial charge on any atom is -0.488 e. The van der Waals surface area contributed by atoms with Crippen molar-refractivity contribution < 1.29 is 14.8 Å². The van der Waals surface area contributed by atoms with E-state index in [0.29, 0.717) is 16.8 Å². The molecule has 0 heterocycles. The van der Waals surface area contributed by atoms with Crippen LogP contribution in [-0.4, -0.2) is 28.6 Å². The van der Waals surface area contributed by atoms with Gasteiger partial charge in [-0.3, -0.25) is 10.1 Å². The third-order valence-corrected chi connectivity index (χ3v) is 4.17. The fourth-order valence-corrected chi connectivity index (χ4v) is 2.52. The molecule has 0 saturated heterocycles. The molecule has 1 atom stereocenters. The lowest BCUT2D eigenvalue weighted by Crippen LogP contribution is -2.21. The van der Waals surface area contributed by atoms with Crippen molar-refractivity contribution in [3.05, 3.63) is 62.6 Å². The molecule has 0 aromatic heterocycles. The standard InChI is InChI=1S/C16H16BrClN2O4/c17-13-6-15(20(22)23)14(19-9-12(21)8-18)7-16(13)24-10-11-4-2-1-3-5-11/h1-7,12,19,21H,8-10H2. The first-order valence-corrected chi connectivity index (χ1v) is 8.46. The lowest BCUT2D eigenvalue weighted by atomic mass is 10.2. The van der Waals surface area contributed by atoms with Crippen molar-refractivity contribution in [2.45, 2.75) is 12.7 Å². The fraction of sp³-hybridized carbons (Fsp3) is 0.250. The van der Waals surface area contributed by atoms with Crippen LogP contribution in [0.15, 0.2) is 46.9 Å². The fourth-order valence-electron chi connectivity index (χ4n) is 1.96. The number of benzene rings is 2. The highest BCUT2D eigenvalue weighted by Crippen LogP contribution is 2.36. The van der Waals surface area contributed by atoms with E-state index in [1.807, 2.05) is 30.3 Å². The molecule has 2 aromatic rings. The molecule has 0 radical (unpaired) electrons. The van der Waals surface area contributed by atoms with Gasteiger partial charge in [-0.1, -0.05) is 30.3 Å². The number of nitro benzene ring substituents is 1. The third kappa shape index (κ3) is 5.09. The Morgan fingerprint density at radius 3 is 2.67 bits per heavy atom. The summed E-state index contributed by atoms with van der Waals surface area (Å²) in [5.41, 5.74) is 1.13. The smallest absolute Gasteiger partial charge is 0.293 e. The monoisotopic (exact) mass is 414 g/mol. The molecule has 0 aliphatic heterocycles. The number of alkyl halides is 1. The zero-order valence-corrected chi connectivity index (χ0v) is 15.0. The maximum atomic E-state index is 11.2. The van der Waals surface area contributed by atoms with Crippen LogP contribution in [0.5, 0.6) is 5.75 Å². The summed E-state index contributed by atoms with van der Waals surface area (Å²) in [4.78, 5) is 10.7. The molecule has 0 aliphatic rings. The maximum Gasteiger partial charge on any atom is 0.293 e. The molecule has 1 unspecified atom stereocenters. The Kier molecular flexibility index (Phi) is 6.84. The van der Waals surface area contributed by atoms with Gasteiger partial charge in [0.05, 0.1) is 21.4 Å². The highest BCUT2D eigenvalue weighted by molar-refractivity contribution is 9.10. The lowest BCUT2D eigenvalue weighted by Gasteiger charge is -2.14. The maximum absolute atomic E-state index is 11.2. The van der Waals surface area contributed by atoms with E-state index in [-0.39, 0.29) is 23.8 Å². The number of rotatable bonds is 8. The number of anilines is 1. The first-order valence-electron chi connectivity index (χ1n) is 7.13. The summed E-state index contributed by atoms with van der Waals surface area (Å²) >= 11 is 8.83. The second kappa shape index (κ2) is 8.86. The molecule has 24 heavy (non-hydrogen) atoms. The van der Waals surface area contributed by atoms with Crippen molar-refractivity contribution in [1.29, 1.82) is 0 Å². The highest BCUT2D eigenvalue weighted by Gasteiger charge is 2.19. The van der Waals surface area contributed by atoms with Gasteiger partial charge in [-0.2, -0.15) is 0 Å². The van der Waals surface area contributed by atoms with Gasteiger partial charge in [0.1, 0.15) is 18.0 Å². The Labute approximate surface area is 152 Å². The van der Waals surface area contributed by atoms with Crippen LogP contribution in [0.4, 0.5) is 11.4 Å². The van der Waals surface area contributed by atoms with E-state index < -0.39 is 11.0 Å². The molecular weight excluding hydrogens is 400 g/mol. The molecule has 2 N–H and O–H groups in total. The summed E-state index contributed by atoms with van der Waals surface area (Å²) in [5.74, 6) is 0.502. The second-order valence-corrected chi connectivity index (χ2v) is 6.18. The summed E-state index contributed by atoms with van der Waals surface area (Å²) < 4.78 is 6.21. The first kappa shape index (κ1) is 18.5. The SMILES string of the molecule is O=[N+]([O-])c1cc(Br)c(OCc2ccccc2)cc1NCC(O)CCl. The summed E-state index contributed by atoms with van der Waals surface area (Å²) in [7, 11) is 0. The van der Waals surface area contributed by atoms with E-state index in [1.54, 1.807) is 0 Å². The number of aliphatic hydroxyl groups is 1. The van der Waals surface area contributed by atoms with Gasteiger partial charge in [0.15, 0.2) is 0 Å². The van der Waals surface area contributed by atoms with E-state index in [9.17, 15) is 15.2 Å². The first-order chi connectivity index (χ1) is 11.5. The second-order valence-electron chi connectivity index (χ2n) is 5.02. The molecule has 0 aliphatic carbocycles. The van der Waals surface area contributed by atoms with E-state index >= 15 is 0 Å². The predicted molar refractivity (Wildman–Crippen MR) is 96.8 cm³/mol. The molecule has 8 heteroatoms. The van der Waals surface area contributed by atoms with E-state index in [2.05, 4.69) is 21.2 Å². The molecule has 128 valence electrons. The highest BCUT2D eigenvalue weighted by atomic mass is 79.9. The summed E-state index contributed by atoms with van der Waals surface area (Å²) in [6.07, 6.45) is -0.802. The Morgan fingerprint density at radius 1 is 1.33 bits per heavy atom. The zero-order valence-electron chi connectivity index (χ0n) is 12.6. The van der Waals surface area contributed by atoms with Crippen molar-refractivity contribution in [3.63, 3.8) is 0 Å². The molecular formula is C16H16BrClN2O4. The molecule has 6 nitrogen and oxygen atoms in total. The van der Waals surface area contributed by atoms with Gasteiger partial charge in [0.25, 0.3) is 5.69 Å². The molecule has 0 amide bonds. The van der Waals surface area contributed by atoms with Crippen LogP contribution in [0.1, 0.15) is 5.56 Å². The van der Waals surface area contributed by atoms with Gasteiger partial charge in [-0.25, -0.2) is 0 Å². The molecule has 0 saturated carbocycles. The van der Waals surface area contributed by atoms with Crippen LogP contribution in [0.3, 0.4) is 0 Å². The number of nitrogens with one attached hydrogen (secondary N) is 1. The zero-order chi connectivity index (χ0) is 17.5. The van der Waals surface area contributed by atoms with Crippen LogP contribution < -0.4 is 10.1 Å². The number of hydrogen-bond acceptors (Lipinski definition) is 5. The van der Waals surface area contributed by atoms with Crippen molar-refractivity contribution in [2.24, 2.45) is 0 Å². The van der Waals surface area contributed by atoms with Crippen LogP contribution in [0, 0.1) is 10.1 Å². The van der Waals surface area contributed by atoms with Crippen LogP contribution >= 0.6 is 27.5 Å². The number of halogens is 2. The summed E-state index contributed by atoms with van der Waals surface area (Å²) in [5, 5.41) is 23.5. The molecule has 2 rings (SSSR count). The molecule has 0 bridgehead atoms. The van der Waals surface area contributed by atoms with Crippen LogP contribution in [0.25, 0.3) is 0 Å². The van der Waals surface area contributed by atoms with Gasteiger partial charge >= 0.3 is 0 Å². The number of hydrogen-bond donors (Lipinski definition) is 2. The van der Waals surface area contributed by atoms with Gasteiger partial charge in [0.2, 0.25) is 0 Å². The molecule has 0 spiro atoms. The lowest BCUT2D eigenvalue weighted by molar-refractivity contribution is -0.384.